The summed E-state index contributed by atoms with van der Waals surface area (Å²) in [4.78, 5) is 11.9. The highest BCUT2D eigenvalue weighted by Crippen LogP contribution is 2.38. The molecule has 0 saturated carbocycles. The van der Waals surface area contributed by atoms with E-state index in [1.165, 1.54) is 96.2 Å². The van der Waals surface area contributed by atoms with Gasteiger partial charge in [-0.2, -0.15) is 0 Å². The summed E-state index contributed by atoms with van der Waals surface area (Å²) >= 11 is 0. The Balaban J connectivity index is 3.60. The molecular formula is C28H58NO6P. The van der Waals surface area contributed by atoms with E-state index >= 15 is 0 Å². The number of nitrogens with zero attached hydrogens (tertiary/aromatic N) is 1. The second-order valence-corrected chi connectivity index (χ2v) is 12.3. The molecule has 36 heavy (non-hydrogen) atoms. The highest BCUT2D eigenvalue weighted by Gasteiger charge is 2.17. The van der Waals surface area contributed by atoms with Gasteiger partial charge in [0, 0.05) is 6.61 Å². The Kier molecular flexibility index (Phi) is 23.4. The van der Waals surface area contributed by atoms with Crippen molar-refractivity contribution in [3.05, 3.63) is 12.8 Å². The van der Waals surface area contributed by atoms with Crippen molar-refractivity contribution in [3.63, 3.8) is 0 Å². The molecule has 0 rings (SSSR count). The third-order valence-corrected chi connectivity index (χ3v) is 7.13. The molecule has 0 radical (unpaired) electrons. The van der Waals surface area contributed by atoms with Crippen LogP contribution in [0, 0.1) is 0 Å². The molecule has 0 saturated heterocycles. The van der Waals surface area contributed by atoms with Crippen LogP contribution in [0.2, 0.25) is 0 Å². The Hall–Kier alpha value is -0.430. The van der Waals surface area contributed by atoms with Gasteiger partial charge in [0.1, 0.15) is 19.3 Å². The van der Waals surface area contributed by atoms with Crippen molar-refractivity contribution in [2.75, 3.05) is 54.1 Å². The Morgan fingerprint density at radius 2 is 1.22 bits per heavy atom. The lowest BCUT2D eigenvalue weighted by Gasteiger charge is -2.28. The molecule has 2 atom stereocenters. The van der Waals surface area contributed by atoms with Crippen LogP contribution in [0.25, 0.3) is 0 Å². The van der Waals surface area contributed by atoms with Crippen LogP contribution in [0.15, 0.2) is 12.8 Å². The molecule has 0 aromatic rings. The first-order chi connectivity index (χ1) is 17.2. The minimum atomic E-state index is -4.36. The Labute approximate surface area is 223 Å². The number of ether oxygens (including phenoxy) is 2. The fourth-order valence-corrected chi connectivity index (χ4v) is 4.60. The minimum absolute atomic E-state index is 0.0764. The molecule has 8 heteroatoms. The van der Waals surface area contributed by atoms with Crippen molar-refractivity contribution < 1.29 is 32.5 Å². The summed E-state index contributed by atoms with van der Waals surface area (Å²) in [6.07, 6.45) is 22.1. The molecule has 0 aliphatic rings. The highest BCUT2D eigenvalue weighted by molar-refractivity contribution is 7.45. The molecule has 0 aromatic carbocycles. The fourth-order valence-electron chi connectivity index (χ4n) is 3.87. The van der Waals surface area contributed by atoms with Crippen molar-refractivity contribution >= 4 is 7.82 Å². The molecule has 0 aromatic heterocycles. The normalized spacial score (nSPS) is 14.5. The maximum Gasteiger partial charge on any atom is 0.268 e. The molecule has 0 aliphatic carbocycles. The predicted octanol–water partition coefficient (Wildman–Crippen LogP) is 7.00. The Morgan fingerprint density at radius 3 is 1.67 bits per heavy atom. The minimum Gasteiger partial charge on any atom is -0.756 e. The van der Waals surface area contributed by atoms with Crippen LogP contribution in [0.3, 0.4) is 0 Å². The SMILES string of the molecule is C=CO[C@H](COCCCCCCCCCCCCCCCCCC)COP(=O)([O-])OCC[N+](C)(C)C. The van der Waals surface area contributed by atoms with Crippen molar-refractivity contribution in [2.45, 2.75) is 116 Å². The zero-order valence-electron chi connectivity index (χ0n) is 24.1. The standard InChI is InChI=1S/C28H58NO6P/c1-6-8-9-10-11-12-13-14-15-16-17-18-19-20-21-22-24-32-26-28(33-7-2)27-35-36(30,31)34-25-23-29(3,4)5/h7,28H,2,6,8-27H2,1,3-5H3/t28-/m1/s1. The van der Waals surface area contributed by atoms with Crippen molar-refractivity contribution in [1.82, 2.24) is 0 Å². The second kappa shape index (κ2) is 23.7. The van der Waals surface area contributed by atoms with Gasteiger partial charge in [0.05, 0.1) is 40.6 Å². The zero-order chi connectivity index (χ0) is 27.0. The summed E-state index contributed by atoms with van der Waals surface area (Å²) in [6.45, 7) is 7.17. The summed E-state index contributed by atoms with van der Waals surface area (Å²) < 4.78 is 33.4. The van der Waals surface area contributed by atoms with E-state index < -0.39 is 13.9 Å². The molecular weight excluding hydrogens is 477 g/mol. The average Bonchev–Trinajstić information content (AvgIpc) is 2.80. The summed E-state index contributed by atoms with van der Waals surface area (Å²) in [6, 6.07) is 0. The van der Waals surface area contributed by atoms with Gasteiger partial charge in [-0.3, -0.25) is 4.57 Å². The number of quaternary nitrogens is 1. The van der Waals surface area contributed by atoms with Crippen LogP contribution < -0.4 is 4.89 Å². The largest absolute Gasteiger partial charge is 0.756 e. The van der Waals surface area contributed by atoms with Gasteiger partial charge in [0.25, 0.3) is 7.82 Å². The fraction of sp³-hybridized carbons (Fsp3) is 0.929. The number of hydrogen-bond donors (Lipinski definition) is 0. The molecule has 0 amide bonds. The van der Waals surface area contributed by atoms with E-state index in [1.807, 2.05) is 21.1 Å². The number of rotatable bonds is 28. The van der Waals surface area contributed by atoms with Crippen LogP contribution in [0.4, 0.5) is 0 Å². The molecule has 7 nitrogen and oxygen atoms in total. The van der Waals surface area contributed by atoms with E-state index in [1.54, 1.807) is 0 Å². The highest BCUT2D eigenvalue weighted by atomic mass is 31.2. The third kappa shape index (κ3) is 26.6. The number of hydrogen-bond acceptors (Lipinski definition) is 6. The predicted molar refractivity (Wildman–Crippen MR) is 148 cm³/mol. The number of phosphoric ester groups is 1. The lowest BCUT2D eigenvalue weighted by molar-refractivity contribution is -0.870. The maximum atomic E-state index is 11.9. The molecule has 0 fully saturated rings. The van der Waals surface area contributed by atoms with Crippen LogP contribution in [0.1, 0.15) is 110 Å². The van der Waals surface area contributed by atoms with E-state index in [-0.39, 0.29) is 19.8 Å². The quantitative estimate of drug-likeness (QED) is 0.0465. The van der Waals surface area contributed by atoms with Gasteiger partial charge in [-0.1, -0.05) is 110 Å². The van der Waals surface area contributed by atoms with Crippen molar-refractivity contribution in [1.29, 1.82) is 0 Å². The van der Waals surface area contributed by atoms with E-state index in [9.17, 15) is 9.46 Å². The molecule has 0 N–H and O–H groups in total. The topological polar surface area (TPSA) is 77.1 Å². The monoisotopic (exact) mass is 535 g/mol. The molecule has 0 spiro atoms. The van der Waals surface area contributed by atoms with Crippen LogP contribution in [-0.4, -0.2) is 64.7 Å². The van der Waals surface area contributed by atoms with E-state index in [2.05, 4.69) is 13.5 Å². The molecule has 216 valence electrons. The Bertz CT molecular complexity index is 541. The maximum absolute atomic E-state index is 11.9. The lowest BCUT2D eigenvalue weighted by Crippen LogP contribution is -2.37. The first-order valence-corrected chi connectivity index (χ1v) is 15.9. The summed E-state index contributed by atoms with van der Waals surface area (Å²) in [5.41, 5.74) is 0. The van der Waals surface area contributed by atoms with Gasteiger partial charge in [-0.15, -0.1) is 0 Å². The zero-order valence-corrected chi connectivity index (χ0v) is 24.9. The van der Waals surface area contributed by atoms with Gasteiger partial charge in [-0.05, 0) is 6.42 Å². The van der Waals surface area contributed by atoms with Gasteiger partial charge < -0.3 is 27.9 Å². The molecule has 0 bridgehead atoms. The van der Waals surface area contributed by atoms with Crippen LogP contribution in [0.5, 0.6) is 0 Å². The molecule has 1 unspecified atom stereocenters. The average molecular weight is 536 g/mol. The van der Waals surface area contributed by atoms with Gasteiger partial charge >= 0.3 is 0 Å². The smallest absolute Gasteiger partial charge is 0.268 e. The van der Waals surface area contributed by atoms with E-state index in [0.29, 0.717) is 17.6 Å². The first kappa shape index (κ1) is 35.6. The first-order valence-electron chi connectivity index (χ1n) is 14.4. The summed E-state index contributed by atoms with van der Waals surface area (Å²) in [5.74, 6) is 0. The van der Waals surface area contributed by atoms with Crippen LogP contribution >= 0.6 is 7.82 Å². The lowest BCUT2D eigenvalue weighted by atomic mass is 10.0. The number of phosphoric acid groups is 1. The van der Waals surface area contributed by atoms with Crippen LogP contribution in [-0.2, 0) is 23.1 Å². The third-order valence-electron chi connectivity index (χ3n) is 6.16. The van der Waals surface area contributed by atoms with Gasteiger partial charge in [-0.25, -0.2) is 0 Å². The van der Waals surface area contributed by atoms with Gasteiger partial charge in [0.2, 0.25) is 0 Å². The second-order valence-electron chi connectivity index (χ2n) is 10.9. The summed E-state index contributed by atoms with van der Waals surface area (Å²) in [7, 11) is 1.52. The van der Waals surface area contributed by atoms with Gasteiger partial charge in [0.15, 0.2) is 0 Å². The number of unbranched alkanes of at least 4 members (excludes halogenated alkanes) is 15. The van der Waals surface area contributed by atoms with E-state index in [0.717, 1.165) is 12.8 Å². The molecule has 0 heterocycles. The molecule has 0 aliphatic heterocycles. The number of likely N-dealkylation sites (N-methyl/N-ethyl adjacent to an activating group) is 1. The summed E-state index contributed by atoms with van der Waals surface area (Å²) in [5, 5.41) is 0. The Morgan fingerprint density at radius 1 is 0.750 bits per heavy atom. The van der Waals surface area contributed by atoms with Crippen molar-refractivity contribution in [2.24, 2.45) is 0 Å². The van der Waals surface area contributed by atoms with Crippen molar-refractivity contribution in [3.8, 4) is 0 Å². The van der Waals surface area contributed by atoms with E-state index in [4.69, 9.17) is 18.5 Å².